The zero-order chi connectivity index (χ0) is 14.0. The summed E-state index contributed by atoms with van der Waals surface area (Å²) < 4.78 is 0. The highest BCUT2D eigenvalue weighted by atomic mass is 32.1. The molecule has 1 fully saturated rings. The van der Waals surface area contributed by atoms with Crippen molar-refractivity contribution < 1.29 is 4.79 Å². The number of rotatable bonds is 6. The van der Waals surface area contributed by atoms with Crippen molar-refractivity contribution in [2.45, 2.75) is 39.2 Å². The molecular weight excluding hydrogens is 260 g/mol. The molecule has 106 valence electrons. The van der Waals surface area contributed by atoms with E-state index in [4.69, 9.17) is 5.73 Å². The molecule has 0 spiro atoms. The third-order valence-electron chi connectivity index (χ3n) is 3.31. The molecule has 1 heterocycles. The first-order chi connectivity index (χ1) is 9.08. The maximum absolute atomic E-state index is 12.5. The van der Waals surface area contributed by atoms with Gasteiger partial charge in [0.1, 0.15) is 10.7 Å². The average molecular weight is 282 g/mol. The van der Waals surface area contributed by atoms with Gasteiger partial charge in [-0.3, -0.25) is 4.79 Å². The maximum atomic E-state index is 12.5. The van der Waals surface area contributed by atoms with E-state index < -0.39 is 0 Å². The van der Waals surface area contributed by atoms with Gasteiger partial charge in [-0.25, -0.2) is 4.98 Å². The molecule has 5 nitrogen and oxygen atoms in total. The number of nitrogens with zero attached hydrogens (tertiary/aromatic N) is 3. The summed E-state index contributed by atoms with van der Waals surface area (Å²) in [4.78, 5) is 21.3. The number of carbonyl (C=O) groups is 1. The third kappa shape index (κ3) is 3.00. The number of thiazole rings is 1. The predicted molar refractivity (Wildman–Crippen MR) is 79.8 cm³/mol. The normalized spacial score (nSPS) is 14.5. The Bertz CT molecular complexity index is 455. The van der Waals surface area contributed by atoms with Crippen LogP contribution in [-0.4, -0.2) is 42.0 Å². The fraction of sp³-hybridized carbons (Fsp3) is 0.692. The number of anilines is 2. The SMILES string of the molecule is CCCN(C)c1nc(N)c(C(=O)N(CC)C2CC2)s1. The molecule has 0 radical (unpaired) electrons. The molecule has 1 aliphatic rings. The summed E-state index contributed by atoms with van der Waals surface area (Å²) >= 11 is 1.40. The van der Waals surface area contributed by atoms with Crippen LogP contribution in [0.3, 0.4) is 0 Å². The second-order valence-electron chi connectivity index (χ2n) is 4.95. The number of hydrogen-bond donors (Lipinski definition) is 1. The molecule has 0 atom stereocenters. The standard InChI is InChI=1S/C13H22N4OS/c1-4-8-16(3)13-15-11(14)10(19-13)12(18)17(5-2)9-6-7-9/h9H,4-8,14H2,1-3H3. The number of nitrogens with two attached hydrogens (primary N) is 1. The number of hydrogen-bond acceptors (Lipinski definition) is 5. The van der Waals surface area contributed by atoms with Crippen molar-refractivity contribution >= 4 is 28.2 Å². The Hall–Kier alpha value is -1.30. The summed E-state index contributed by atoms with van der Waals surface area (Å²) in [6.45, 7) is 5.78. The Balaban J connectivity index is 2.17. The molecule has 0 unspecified atom stereocenters. The largest absolute Gasteiger partial charge is 0.382 e. The Morgan fingerprint density at radius 3 is 2.68 bits per heavy atom. The number of amides is 1. The van der Waals surface area contributed by atoms with Gasteiger partial charge >= 0.3 is 0 Å². The smallest absolute Gasteiger partial charge is 0.268 e. The molecule has 0 aromatic carbocycles. The van der Waals surface area contributed by atoms with Crippen LogP contribution in [0.1, 0.15) is 42.8 Å². The zero-order valence-electron chi connectivity index (χ0n) is 11.8. The summed E-state index contributed by atoms with van der Waals surface area (Å²) in [5.41, 5.74) is 5.91. The monoisotopic (exact) mass is 282 g/mol. The lowest BCUT2D eigenvalue weighted by Crippen LogP contribution is -2.32. The molecule has 2 N–H and O–H groups in total. The quantitative estimate of drug-likeness (QED) is 0.869. The summed E-state index contributed by atoms with van der Waals surface area (Å²) in [5.74, 6) is 0.406. The maximum Gasteiger partial charge on any atom is 0.268 e. The van der Waals surface area contributed by atoms with Crippen molar-refractivity contribution in [3.8, 4) is 0 Å². The summed E-state index contributed by atoms with van der Waals surface area (Å²) in [6.07, 6.45) is 3.27. The molecular formula is C13H22N4OS. The first-order valence-electron chi connectivity index (χ1n) is 6.86. The molecule has 0 saturated heterocycles. The van der Waals surface area contributed by atoms with Crippen LogP contribution < -0.4 is 10.6 Å². The van der Waals surface area contributed by atoms with Gasteiger partial charge in [0.15, 0.2) is 5.13 Å². The molecule has 0 aliphatic heterocycles. The van der Waals surface area contributed by atoms with Gasteiger partial charge in [-0.2, -0.15) is 0 Å². The second kappa shape index (κ2) is 5.77. The van der Waals surface area contributed by atoms with Crippen molar-refractivity contribution in [1.82, 2.24) is 9.88 Å². The first kappa shape index (κ1) is 14.1. The minimum Gasteiger partial charge on any atom is -0.382 e. The Kier molecular flexibility index (Phi) is 4.29. The van der Waals surface area contributed by atoms with E-state index in [-0.39, 0.29) is 5.91 Å². The minimum atomic E-state index is 0.0381. The van der Waals surface area contributed by atoms with Crippen LogP contribution in [0.25, 0.3) is 0 Å². The average Bonchev–Trinajstić information content (AvgIpc) is 3.12. The topological polar surface area (TPSA) is 62.5 Å². The highest BCUT2D eigenvalue weighted by Crippen LogP contribution is 2.33. The fourth-order valence-electron chi connectivity index (χ4n) is 2.15. The van der Waals surface area contributed by atoms with Gasteiger partial charge in [0.25, 0.3) is 5.91 Å². The van der Waals surface area contributed by atoms with Gasteiger partial charge in [0.05, 0.1) is 0 Å². The zero-order valence-corrected chi connectivity index (χ0v) is 12.7. The number of carbonyl (C=O) groups excluding carboxylic acids is 1. The molecule has 2 rings (SSSR count). The highest BCUT2D eigenvalue weighted by Gasteiger charge is 2.33. The van der Waals surface area contributed by atoms with Crippen molar-refractivity contribution in [3.05, 3.63) is 4.88 Å². The molecule has 1 aliphatic carbocycles. The van der Waals surface area contributed by atoms with Gasteiger partial charge in [0, 0.05) is 26.2 Å². The van der Waals surface area contributed by atoms with Crippen LogP contribution in [0.2, 0.25) is 0 Å². The predicted octanol–water partition coefficient (Wildman–Crippen LogP) is 2.20. The molecule has 1 amide bonds. The lowest BCUT2D eigenvalue weighted by Gasteiger charge is -2.19. The Morgan fingerprint density at radius 1 is 1.47 bits per heavy atom. The van der Waals surface area contributed by atoms with E-state index in [9.17, 15) is 4.79 Å². The second-order valence-corrected chi connectivity index (χ2v) is 5.93. The lowest BCUT2D eigenvalue weighted by atomic mass is 10.4. The molecule has 1 saturated carbocycles. The summed E-state index contributed by atoms with van der Waals surface area (Å²) in [6, 6.07) is 0.413. The number of aromatic nitrogens is 1. The van der Waals surface area contributed by atoms with E-state index in [0.29, 0.717) is 16.7 Å². The molecule has 1 aromatic heterocycles. The first-order valence-corrected chi connectivity index (χ1v) is 7.68. The Labute approximate surface area is 118 Å². The third-order valence-corrected chi connectivity index (χ3v) is 4.48. The van der Waals surface area contributed by atoms with Crippen LogP contribution in [-0.2, 0) is 0 Å². The van der Waals surface area contributed by atoms with Gasteiger partial charge < -0.3 is 15.5 Å². The fourth-order valence-corrected chi connectivity index (χ4v) is 3.08. The lowest BCUT2D eigenvalue weighted by molar-refractivity contribution is 0.0758. The van der Waals surface area contributed by atoms with Crippen LogP contribution in [0, 0.1) is 0 Å². The minimum absolute atomic E-state index is 0.0381. The van der Waals surface area contributed by atoms with Crippen molar-refractivity contribution in [2.24, 2.45) is 0 Å². The highest BCUT2D eigenvalue weighted by molar-refractivity contribution is 7.18. The van der Waals surface area contributed by atoms with Crippen molar-refractivity contribution in [2.75, 3.05) is 30.8 Å². The van der Waals surface area contributed by atoms with Gasteiger partial charge in [-0.05, 0) is 26.2 Å². The number of nitrogen functional groups attached to an aromatic ring is 1. The van der Waals surface area contributed by atoms with Crippen LogP contribution in [0.4, 0.5) is 10.9 Å². The van der Waals surface area contributed by atoms with Gasteiger partial charge in [-0.1, -0.05) is 18.3 Å². The molecule has 0 bridgehead atoms. The van der Waals surface area contributed by atoms with E-state index in [2.05, 4.69) is 11.9 Å². The van der Waals surface area contributed by atoms with E-state index >= 15 is 0 Å². The Morgan fingerprint density at radius 2 is 2.16 bits per heavy atom. The van der Waals surface area contributed by atoms with E-state index in [0.717, 1.165) is 37.5 Å². The van der Waals surface area contributed by atoms with E-state index in [1.165, 1.54) is 11.3 Å². The summed E-state index contributed by atoms with van der Waals surface area (Å²) in [5, 5.41) is 0.828. The molecule has 6 heteroatoms. The van der Waals surface area contributed by atoms with Crippen molar-refractivity contribution in [1.29, 1.82) is 0 Å². The molecule has 1 aromatic rings. The van der Waals surface area contributed by atoms with Crippen molar-refractivity contribution in [3.63, 3.8) is 0 Å². The van der Waals surface area contributed by atoms with Crippen LogP contribution in [0.15, 0.2) is 0 Å². The molecule has 19 heavy (non-hydrogen) atoms. The van der Waals surface area contributed by atoms with Crippen LogP contribution in [0.5, 0.6) is 0 Å². The van der Waals surface area contributed by atoms with E-state index in [1.807, 2.05) is 23.8 Å². The van der Waals surface area contributed by atoms with E-state index in [1.54, 1.807) is 0 Å². The van der Waals surface area contributed by atoms with Crippen LogP contribution >= 0.6 is 11.3 Å². The van der Waals surface area contributed by atoms with Gasteiger partial charge in [0.2, 0.25) is 0 Å². The summed E-state index contributed by atoms with van der Waals surface area (Å²) in [7, 11) is 1.98. The van der Waals surface area contributed by atoms with Gasteiger partial charge in [-0.15, -0.1) is 0 Å².